The minimum Gasteiger partial charge on any atom is -0.363 e. The van der Waals surface area contributed by atoms with Gasteiger partial charge in [-0.1, -0.05) is 6.08 Å². The van der Waals surface area contributed by atoms with Crippen LogP contribution in [0.25, 0.3) is 5.57 Å². The summed E-state index contributed by atoms with van der Waals surface area (Å²) in [5.41, 5.74) is 4.33. The number of fused-ring (bicyclic) bond motifs is 1. The molecule has 1 aliphatic carbocycles. The Morgan fingerprint density at radius 2 is 2.00 bits per heavy atom. The number of hydrogen-bond acceptors (Lipinski definition) is 9. The van der Waals surface area contributed by atoms with Gasteiger partial charge in [-0.25, -0.2) is 19.9 Å². The van der Waals surface area contributed by atoms with E-state index >= 15 is 0 Å². The predicted octanol–water partition coefficient (Wildman–Crippen LogP) is 2.01. The van der Waals surface area contributed by atoms with E-state index in [0.717, 1.165) is 67.2 Å². The van der Waals surface area contributed by atoms with Crippen LogP contribution in [0.2, 0.25) is 0 Å². The van der Waals surface area contributed by atoms with Gasteiger partial charge in [0.1, 0.15) is 18.0 Å². The molecule has 2 aliphatic heterocycles. The number of pyridine rings is 1. The van der Waals surface area contributed by atoms with E-state index < -0.39 is 0 Å². The number of guanidine groups is 1. The van der Waals surface area contributed by atoms with Crippen LogP contribution in [0, 0.1) is 0 Å². The van der Waals surface area contributed by atoms with Crippen molar-refractivity contribution in [3.05, 3.63) is 59.8 Å². The van der Waals surface area contributed by atoms with Gasteiger partial charge in [-0.3, -0.25) is 4.90 Å². The minimum absolute atomic E-state index is 0.0920. The average Bonchev–Trinajstić information content (AvgIpc) is 3.25. The number of hydrogen-bond donors (Lipinski definition) is 3. The van der Waals surface area contributed by atoms with Crippen LogP contribution >= 0.6 is 0 Å². The summed E-state index contributed by atoms with van der Waals surface area (Å²) in [7, 11) is 3.96. The molecule has 0 radical (unpaired) electrons. The summed E-state index contributed by atoms with van der Waals surface area (Å²) in [5, 5.41) is 10.2. The summed E-state index contributed by atoms with van der Waals surface area (Å²) in [6, 6.07) is 6.68. The van der Waals surface area contributed by atoms with Gasteiger partial charge in [-0.05, 0) is 42.7 Å². The molecule has 0 spiro atoms. The molecule has 33 heavy (non-hydrogen) atoms. The summed E-state index contributed by atoms with van der Waals surface area (Å²) < 4.78 is 0. The first-order chi connectivity index (χ1) is 16.1. The van der Waals surface area contributed by atoms with E-state index in [1.165, 1.54) is 5.56 Å². The molecule has 2 atom stereocenters. The maximum atomic E-state index is 4.83. The molecule has 1 saturated heterocycles. The van der Waals surface area contributed by atoms with Crippen LogP contribution in [0.3, 0.4) is 0 Å². The third kappa shape index (κ3) is 4.74. The Labute approximate surface area is 194 Å². The third-order valence-electron chi connectivity index (χ3n) is 6.40. The van der Waals surface area contributed by atoms with Gasteiger partial charge >= 0.3 is 0 Å². The fourth-order valence-corrected chi connectivity index (χ4v) is 4.42. The zero-order chi connectivity index (χ0) is 22.8. The number of rotatable bonds is 5. The highest BCUT2D eigenvalue weighted by atomic mass is 15.3. The molecular weight excluding hydrogens is 414 g/mol. The van der Waals surface area contributed by atoms with E-state index in [4.69, 9.17) is 4.99 Å². The highest BCUT2D eigenvalue weighted by molar-refractivity contribution is 5.97. The number of nitrogens with one attached hydrogen (secondary N) is 3. The van der Waals surface area contributed by atoms with E-state index in [1.807, 2.05) is 31.3 Å². The zero-order valence-corrected chi connectivity index (χ0v) is 19.4. The van der Waals surface area contributed by atoms with Crippen molar-refractivity contribution in [3.8, 4) is 0 Å². The van der Waals surface area contributed by atoms with Gasteiger partial charge in [0.2, 0.25) is 5.96 Å². The minimum atomic E-state index is 0.0920. The summed E-state index contributed by atoms with van der Waals surface area (Å²) >= 11 is 0. The topological polar surface area (TPSA) is 93.6 Å². The summed E-state index contributed by atoms with van der Waals surface area (Å²) in [4.78, 5) is 22.6. The first-order valence-corrected chi connectivity index (χ1v) is 11.5. The van der Waals surface area contributed by atoms with Crippen LogP contribution in [0.1, 0.15) is 30.6 Å². The Balaban J connectivity index is 1.26. The molecule has 2 aromatic heterocycles. The van der Waals surface area contributed by atoms with Crippen LogP contribution < -0.4 is 20.9 Å². The molecule has 2 unspecified atom stereocenters. The number of allylic oxidation sites excluding steroid dienone is 2. The summed E-state index contributed by atoms with van der Waals surface area (Å²) in [6.07, 6.45) is 8.63. The number of piperazine rings is 1. The molecule has 3 N–H and O–H groups in total. The molecule has 1 fully saturated rings. The second kappa shape index (κ2) is 9.29. The Kier molecular flexibility index (Phi) is 6.06. The Morgan fingerprint density at radius 3 is 2.82 bits per heavy atom. The largest absolute Gasteiger partial charge is 0.363 e. The molecule has 5 rings (SSSR count). The van der Waals surface area contributed by atoms with E-state index in [-0.39, 0.29) is 6.04 Å². The molecule has 2 aromatic rings. The number of anilines is 2. The fourth-order valence-electron chi connectivity index (χ4n) is 4.42. The van der Waals surface area contributed by atoms with Gasteiger partial charge in [-0.15, -0.1) is 0 Å². The molecule has 172 valence electrons. The molecule has 9 heteroatoms. The van der Waals surface area contributed by atoms with E-state index in [1.54, 1.807) is 6.33 Å². The van der Waals surface area contributed by atoms with Gasteiger partial charge in [-0.2, -0.15) is 0 Å². The van der Waals surface area contributed by atoms with Gasteiger partial charge in [0, 0.05) is 64.3 Å². The summed E-state index contributed by atoms with van der Waals surface area (Å²) in [5.74, 6) is 2.43. The van der Waals surface area contributed by atoms with Crippen LogP contribution in [0.15, 0.2) is 53.6 Å². The van der Waals surface area contributed by atoms with Crippen molar-refractivity contribution >= 4 is 23.2 Å². The maximum Gasteiger partial charge on any atom is 0.202 e. The van der Waals surface area contributed by atoms with Crippen molar-refractivity contribution in [2.24, 2.45) is 4.99 Å². The Hall–Kier alpha value is -3.30. The lowest BCUT2D eigenvalue weighted by atomic mass is 9.98. The van der Waals surface area contributed by atoms with E-state index in [2.05, 4.69) is 67.0 Å². The Morgan fingerprint density at radius 1 is 1.15 bits per heavy atom. The standard InChI is InChI=1S/C24H31N9/c1-16(33-10-8-25-9-11-33)17-6-7-26-22(13-17)31-24-29-19-5-4-18(12-21(19)30-24)20-14-23(32(2)3)28-15-27-20/h4,6-7,12-16,19,25H,5,8-11H2,1-3H3,(H2,26,29,30,31). The third-order valence-corrected chi connectivity index (χ3v) is 6.40. The monoisotopic (exact) mass is 445 g/mol. The molecule has 0 saturated carbocycles. The number of aliphatic imine (C=N–C) groups is 1. The second-order valence-corrected chi connectivity index (χ2v) is 8.83. The van der Waals surface area contributed by atoms with Crippen LogP contribution in [-0.4, -0.2) is 72.1 Å². The van der Waals surface area contributed by atoms with Gasteiger partial charge < -0.3 is 20.9 Å². The smallest absolute Gasteiger partial charge is 0.202 e. The highest BCUT2D eigenvalue weighted by Gasteiger charge is 2.26. The zero-order valence-electron chi connectivity index (χ0n) is 19.4. The molecule has 3 aliphatic rings. The first-order valence-electron chi connectivity index (χ1n) is 11.5. The lowest BCUT2D eigenvalue weighted by molar-refractivity contribution is 0.185. The normalized spacial score (nSPS) is 21.3. The first kappa shape index (κ1) is 21.5. The maximum absolute atomic E-state index is 4.83. The summed E-state index contributed by atoms with van der Waals surface area (Å²) in [6.45, 7) is 6.47. The highest BCUT2D eigenvalue weighted by Crippen LogP contribution is 2.29. The van der Waals surface area contributed by atoms with Crippen molar-refractivity contribution in [1.82, 2.24) is 30.5 Å². The number of nitrogens with zero attached hydrogens (tertiary/aromatic N) is 6. The molecule has 4 heterocycles. The van der Waals surface area contributed by atoms with Crippen molar-refractivity contribution < 1.29 is 0 Å². The molecule has 0 amide bonds. The lowest BCUT2D eigenvalue weighted by Gasteiger charge is -2.33. The van der Waals surface area contributed by atoms with Crippen molar-refractivity contribution in [1.29, 1.82) is 0 Å². The van der Waals surface area contributed by atoms with E-state index in [9.17, 15) is 0 Å². The molecule has 9 nitrogen and oxygen atoms in total. The SMILES string of the molecule is CC(c1ccnc(NC2=NC3CC=C(c4cc(N(C)C)ncn4)C=C3N2)c1)N1CCNCC1. The van der Waals surface area contributed by atoms with Gasteiger partial charge in [0.15, 0.2) is 0 Å². The Bertz CT molecular complexity index is 1100. The van der Waals surface area contributed by atoms with Crippen molar-refractivity contribution in [2.75, 3.05) is 50.5 Å². The van der Waals surface area contributed by atoms with E-state index in [0.29, 0.717) is 6.04 Å². The molecule has 0 bridgehead atoms. The van der Waals surface area contributed by atoms with Crippen molar-refractivity contribution in [3.63, 3.8) is 0 Å². The van der Waals surface area contributed by atoms with Crippen LogP contribution in [0.5, 0.6) is 0 Å². The number of aromatic nitrogens is 3. The van der Waals surface area contributed by atoms with Crippen molar-refractivity contribution in [2.45, 2.75) is 25.4 Å². The van der Waals surface area contributed by atoms with Crippen LogP contribution in [0.4, 0.5) is 11.6 Å². The lowest BCUT2D eigenvalue weighted by Crippen LogP contribution is -2.44. The average molecular weight is 446 g/mol. The molecular formula is C24H31N9. The fraction of sp³-hybridized carbons (Fsp3) is 0.417. The van der Waals surface area contributed by atoms with Gasteiger partial charge in [0.05, 0.1) is 11.7 Å². The van der Waals surface area contributed by atoms with Gasteiger partial charge in [0.25, 0.3) is 0 Å². The van der Waals surface area contributed by atoms with Crippen LogP contribution in [-0.2, 0) is 0 Å². The predicted molar refractivity (Wildman–Crippen MR) is 132 cm³/mol. The second-order valence-electron chi connectivity index (χ2n) is 8.83. The molecule has 0 aromatic carbocycles. The quantitative estimate of drug-likeness (QED) is 0.644.